The monoisotopic (exact) mass is 534 g/mol. The molecule has 1 atom stereocenters. The van der Waals surface area contributed by atoms with E-state index in [4.69, 9.17) is 23.2 Å². The van der Waals surface area contributed by atoms with E-state index >= 15 is 0 Å². The summed E-state index contributed by atoms with van der Waals surface area (Å²) in [5.41, 5.74) is 3.97. The maximum absolute atomic E-state index is 13.7. The number of aromatic nitrogens is 3. The first-order valence-corrected chi connectivity index (χ1v) is 11.8. The number of aryl methyl sites for hydroxylation is 1. The van der Waals surface area contributed by atoms with Gasteiger partial charge in [0.1, 0.15) is 17.7 Å². The summed E-state index contributed by atoms with van der Waals surface area (Å²) in [7, 11) is 1.81. The summed E-state index contributed by atoms with van der Waals surface area (Å²) >= 11 is 12.5. The molecule has 0 aliphatic heterocycles. The quantitative estimate of drug-likeness (QED) is 0.237. The molecular weight excluding hydrogens is 517 g/mol. The topological polar surface area (TPSA) is 78.6 Å². The SMILES string of the molecule is Cn1cc(C(Nc2cc(Cl)cc3c(Nc4ccc(F)c(Cl)c4)c(C#N)cnc23)c2ccc(F)cc2)cn1. The Kier molecular flexibility index (Phi) is 6.66. The van der Waals surface area contributed by atoms with Crippen LogP contribution in [0.5, 0.6) is 0 Å². The minimum absolute atomic E-state index is 0.0548. The Hall–Kier alpha value is -4.19. The number of benzene rings is 3. The Labute approximate surface area is 221 Å². The van der Waals surface area contributed by atoms with Gasteiger partial charge in [-0.05, 0) is 48.0 Å². The van der Waals surface area contributed by atoms with E-state index in [-0.39, 0.29) is 16.4 Å². The molecule has 0 spiro atoms. The summed E-state index contributed by atoms with van der Waals surface area (Å²) in [6, 6.07) is 15.5. The van der Waals surface area contributed by atoms with E-state index in [9.17, 15) is 14.0 Å². The molecule has 0 bridgehead atoms. The summed E-state index contributed by atoms with van der Waals surface area (Å²) in [5, 5.41) is 21.6. The highest BCUT2D eigenvalue weighted by molar-refractivity contribution is 6.32. The highest BCUT2D eigenvalue weighted by Crippen LogP contribution is 2.38. The minimum atomic E-state index is -0.552. The van der Waals surface area contributed by atoms with Crippen LogP contribution in [-0.4, -0.2) is 14.8 Å². The Morgan fingerprint density at radius 3 is 2.46 bits per heavy atom. The number of nitrogens with one attached hydrogen (secondary N) is 2. The molecule has 1 unspecified atom stereocenters. The van der Waals surface area contributed by atoms with Crippen LogP contribution in [0.1, 0.15) is 22.7 Å². The molecule has 0 aliphatic carbocycles. The number of nitriles is 1. The number of halogens is 4. The van der Waals surface area contributed by atoms with E-state index < -0.39 is 11.9 Å². The molecule has 0 amide bonds. The fraction of sp³-hybridized carbons (Fsp3) is 0.0741. The van der Waals surface area contributed by atoms with Gasteiger partial charge in [0.25, 0.3) is 0 Å². The highest BCUT2D eigenvalue weighted by Gasteiger charge is 2.20. The fourth-order valence-corrected chi connectivity index (χ4v) is 4.47. The maximum Gasteiger partial charge on any atom is 0.141 e. The van der Waals surface area contributed by atoms with Crippen molar-refractivity contribution in [3.63, 3.8) is 0 Å². The first kappa shape index (κ1) is 24.5. The van der Waals surface area contributed by atoms with Crippen molar-refractivity contribution in [3.8, 4) is 6.07 Å². The number of hydrogen-bond donors (Lipinski definition) is 2. The second-order valence-electron chi connectivity index (χ2n) is 8.34. The van der Waals surface area contributed by atoms with E-state index in [0.29, 0.717) is 33.0 Å². The molecule has 5 aromatic rings. The molecule has 0 radical (unpaired) electrons. The van der Waals surface area contributed by atoms with Crippen molar-refractivity contribution >= 4 is 51.2 Å². The molecule has 0 fully saturated rings. The molecule has 2 N–H and O–H groups in total. The predicted molar refractivity (Wildman–Crippen MR) is 141 cm³/mol. The lowest BCUT2D eigenvalue weighted by Crippen LogP contribution is -2.13. The van der Waals surface area contributed by atoms with Gasteiger partial charge in [-0.3, -0.25) is 9.67 Å². The molecule has 10 heteroatoms. The van der Waals surface area contributed by atoms with Gasteiger partial charge in [-0.1, -0.05) is 35.3 Å². The Bertz CT molecular complexity index is 1660. The zero-order valence-electron chi connectivity index (χ0n) is 19.3. The molecule has 0 aliphatic rings. The summed E-state index contributed by atoms with van der Waals surface area (Å²) in [6.07, 6.45) is 5.03. The van der Waals surface area contributed by atoms with Crippen LogP contribution >= 0.6 is 23.2 Å². The third-order valence-electron chi connectivity index (χ3n) is 5.81. The van der Waals surface area contributed by atoms with Gasteiger partial charge in [0.05, 0.1) is 39.7 Å². The van der Waals surface area contributed by atoms with Crippen LogP contribution in [-0.2, 0) is 7.05 Å². The van der Waals surface area contributed by atoms with E-state index in [1.807, 2.05) is 13.2 Å². The van der Waals surface area contributed by atoms with Crippen molar-refractivity contribution in [3.05, 3.63) is 112 Å². The smallest absolute Gasteiger partial charge is 0.141 e. The minimum Gasteiger partial charge on any atom is -0.372 e. The van der Waals surface area contributed by atoms with E-state index in [1.165, 1.54) is 36.5 Å². The van der Waals surface area contributed by atoms with Crippen LogP contribution in [0.4, 0.5) is 25.8 Å². The number of anilines is 3. The zero-order chi connectivity index (χ0) is 26.1. The third kappa shape index (κ3) is 5.05. The van der Waals surface area contributed by atoms with Crippen LogP contribution in [0.2, 0.25) is 10.0 Å². The van der Waals surface area contributed by atoms with Crippen LogP contribution in [0.3, 0.4) is 0 Å². The molecule has 5 rings (SSSR count). The maximum atomic E-state index is 13.7. The van der Waals surface area contributed by atoms with Crippen molar-refractivity contribution in [2.24, 2.45) is 7.05 Å². The molecule has 0 saturated carbocycles. The molecule has 6 nitrogen and oxygen atoms in total. The van der Waals surface area contributed by atoms with Crippen molar-refractivity contribution in [2.45, 2.75) is 6.04 Å². The number of fused-ring (bicyclic) bond motifs is 1. The average Bonchev–Trinajstić information content (AvgIpc) is 3.31. The van der Waals surface area contributed by atoms with Gasteiger partial charge in [0, 0.05) is 41.1 Å². The number of nitrogens with zero attached hydrogens (tertiary/aromatic N) is 4. The van der Waals surface area contributed by atoms with E-state index in [0.717, 1.165) is 11.1 Å². The molecule has 37 heavy (non-hydrogen) atoms. The Balaban J connectivity index is 1.64. The summed E-state index contributed by atoms with van der Waals surface area (Å²) in [4.78, 5) is 4.54. The lowest BCUT2D eigenvalue weighted by Gasteiger charge is -2.21. The van der Waals surface area contributed by atoms with Gasteiger partial charge in [0.15, 0.2) is 0 Å². The normalized spacial score (nSPS) is 11.8. The average molecular weight is 535 g/mol. The third-order valence-corrected chi connectivity index (χ3v) is 6.31. The van der Waals surface area contributed by atoms with E-state index in [1.54, 1.807) is 35.1 Å². The predicted octanol–water partition coefficient (Wildman–Crippen LogP) is 7.37. The second kappa shape index (κ2) is 10.1. The molecule has 184 valence electrons. The standard InChI is InChI=1S/C27H18Cl2F2N6/c1-37-14-17(13-34-37)25(15-2-4-19(30)5-3-15)36-24-9-18(28)8-21-26(16(11-32)12-33-27(21)24)35-20-6-7-23(31)22(29)10-20/h2-10,12-14,25,36H,1H3,(H,33,35). The van der Waals surface area contributed by atoms with Crippen LogP contribution < -0.4 is 10.6 Å². The molecule has 0 saturated heterocycles. The van der Waals surface area contributed by atoms with Gasteiger partial charge in [0.2, 0.25) is 0 Å². The van der Waals surface area contributed by atoms with Gasteiger partial charge in [-0.2, -0.15) is 10.4 Å². The number of pyridine rings is 1. The summed E-state index contributed by atoms with van der Waals surface area (Å²) in [6.45, 7) is 0. The van der Waals surface area contributed by atoms with Crippen LogP contribution in [0, 0.1) is 23.0 Å². The molecule has 3 aromatic carbocycles. The van der Waals surface area contributed by atoms with Crippen LogP contribution in [0.15, 0.2) is 73.2 Å². The molecule has 2 heterocycles. The van der Waals surface area contributed by atoms with Gasteiger partial charge in [-0.15, -0.1) is 0 Å². The largest absolute Gasteiger partial charge is 0.372 e. The van der Waals surface area contributed by atoms with Crippen molar-refractivity contribution in [2.75, 3.05) is 10.6 Å². The Morgan fingerprint density at radius 2 is 1.78 bits per heavy atom. The van der Waals surface area contributed by atoms with Crippen molar-refractivity contribution < 1.29 is 8.78 Å². The number of hydrogen-bond acceptors (Lipinski definition) is 5. The first-order valence-electron chi connectivity index (χ1n) is 11.1. The van der Waals surface area contributed by atoms with Gasteiger partial charge < -0.3 is 10.6 Å². The first-order chi connectivity index (χ1) is 17.8. The van der Waals surface area contributed by atoms with Crippen molar-refractivity contribution in [1.29, 1.82) is 5.26 Å². The fourth-order valence-electron chi connectivity index (χ4n) is 4.07. The summed E-state index contributed by atoms with van der Waals surface area (Å²) < 4.78 is 29.0. The van der Waals surface area contributed by atoms with Crippen LogP contribution in [0.25, 0.3) is 10.9 Å². The van der Waals surface area contributed by atoms with Crippen molar-refractivity contribution in [1.82, 2.24) is 14.8 Å². The molecule has 2 aromatic heterocycles. The van der Waals surface area contributed by atoms with Gasteiger partial charge >= 0.3 is 0 Å². The lowest BCUT2D eigenvalue weighted by atomic mass is 10.0. The zero-order valence-corrected chi connectivity index (χ0v) is 20.8. The van der Waals surface area contributed by atoms with Gasteiger partial charge in [-0.25, -0.2) is 8.78 Å². The number of rotatable bonds is 6. The van der Waals surface area contributed by atoms with E-state index in [2.05, 4.69) is 26.8 Å². The summed E-state index contributed by atoms with van der Waals surface area (Å²) in [5.74, 6) is -0.895. The Morgan fingerprint density at radius 1 is 1.00 bits per heavy atom. The molecular formula is C27H18Cl2F2N6. The second-order valence-corrected chi connectivity index (χ2v) is 9.18. The highest BCUT2D eigenvalue weighted by atomic mass is 35.5. The lowest BCUT2D eigenvalue weighted by molar-refractivity contribution is 0.626.